The minimum atomic E-state index is -0.594. The number of piperazine rings is 1. The van der Waals surface area contributed by atoms with Gasteiger partial charge in [-0.15, -0.1) is 11.3 Å². The molecule has 2 aromatic rings. The molecule has 2 heterocycles. The fourth-order valence-electron chi connectivity index (χ4n) is 2.64. The van der Waals surface area contributed by atoms with Crippen LogP contribution in [0, 0.1) is 0 Å². The lowest BCUT2D eigenvalue weighted by molar-refractivity contribution is 0.0664. The van der Waals surface area contributed by atoms with E-state index in [-0.39, 0.29) is 6.61 Å². The molecule has 0 bridgehead atoms. The van der Waals surface area contributed by atoms with Crippen LogP contribution in [0.15, 0.2) is 29.8 Å². The molecule has 1 aliphatic rings. The number of ether oxygens (including phenoxy) is 1. The minimum Gasteiger partial charge on any atom is -0.488 e. The maximum absolute atomic E-state index is 10.2. The molecule has 1 atom stereocenters. The second kappa shape index (κ2) is 8.36. The largest absolute Gasteiger partial charge is 0.488 e. The number of anilines is 1. The van der Waals surface area contributed by atoms with Crippen LogP contribution in [0.4, 0.5) is 5.13 Å². The van der Waals surface area contributed by atoms with Crippen molar-refractivity contribution >= 4 is 39.7 Å². The highest BCUT2D eigenvalue weighted by molar-refractivity contribution is 7.13. The third kappa shape index (κ3) is 4.52. The summed E-state index contributed by atoms with van der Waals surface area (Å²) in [7, 11) is 0. The van der Waals surface area contributed by atoms with Crippen LogP contribution >= 0.6 is 34.5 Å². The summed E-state index contributed by atoms with van der Waals surface area (Å²) in [6, 6.07) is 5.19. The Bertz CT molecular complexity index is 629. The van der Waals surface area contributed by atoms with Gasteiger partial charge in [0.15, 0.2) is 10.9 Å². The van der Waals surface area contributed by atoms with Gasteiger partial charge >= 0.3 is 0 Å². The molecular formula is C16H19Cl2N3O2S. The highest BCUT2D eigenvalue weighted by atomic mass is 35.5. The summed E-state index contributed by atoms with van der Waals surface area (Å²) in [5, 5.41) is 14.2. The summed E-state index contributed by atoms with van der Waals surface area (Å²) < 4.78 is 5.59. The van der Waals surface area contributed by atoms with Crippen LogP contribution in [0.2, 0.25) is 10.0 Å². The SMILES string of the molecule is OC(COc1c(Cl)cccc1Cl)CN1CCN(c2nccs2)CC1. The van der Waals surface area contributed by atoms with Crippen LogP contribution in [0.3, 0.4) is 0 Å². The highest BCUT2D eigenvalue weighted by Gasteiger charge is 2.21. The van der Waals surface area contributed by atoms with Crippen LogP contribution in [0.25, 0.3) is 0 Å². The molecule has 0 radical (unpaired) electrons. The Kier molecular flexibility index (Phi) is 6.19. The number of β-amino-alcohol motifs (C(OH)–C–C–N with tert-alkyl or cyclic N) is 1. The van der Waals surface area contributed by atoms with E-state index in [1.807, 2.05) is 11.6 Å². The highest BCUT2D eigenvalue weighted by Crippen LogP contribution is 2.32. The Labute approximate surface area is 155 Å². The van der Waals surface area contributed by atoms with Crippen molar-refractivity contribution in [3.63, 3.8) is 0 Å². The van der Waals surface area contributed by atoms with Gasteiger partial charge in [0, 0.05) is 44.3 Å². The number of rotatable bonds is 6. The number of aromatic nitrogens is 1. The molecule has 3 rings (SSSR count). The number of aliphatic hydroxyl groups is 1. The monoisotopic (exact) mass is 387 g/mol. The predicted molar refractivity (Wildman–Crippen MR) is 98.7 cm³/mol. The molecule has 1 fully saturated rings. The molecule has 1 aliphatic heterocycles. The van der Waals surface area contributed by atoms with Crippen molar-refractivity contribution in [3.8, 4) is 5.75 Å². The number of thiazole rings is 1. The number of aliphatic hydroxyl groups excluding tert-OH is 1. The lowest BCUT2D eigenvalue weighted by Gasteiger charge is -2.35. The molecule has 0 spiro atoms. The number of hydrogen-bond donors (Lipinski definition) is 1. The Morgan fingerprint density at radius 3 is 2.54 bits per heavy atom. The van der Waals surface area contributed by atoms with Crippen molar-refractivity contribution < 1.29 is 9.84 Å². The third-order valence-corrected chi connectivity index (χ3v) is 5.30. The molecule has 1 N–H and O–H groups in total. The smallest absolute Gasteiger partial charge is 0.185 e. The van der Waals surface area contributed by atoms with Crippen molar-refractivity contribution in [3.05, 3.63) is 39.8 Å². The lowest BCUT2D eigenvalue weighted by Crippen LogP contribution is -2.49. The zero-order chi connectivity index (χ0) is 16.9. The lowest BCUT2D eigenvalue weighted by atomic mass is 10.2. The zero-order valence-electron chi connectivity index (χ0n) is 13.1. The second-order valence-corrected chi connectivity index (χ2v) is 7.31. The van der Waals surface area contributed by atoms with Crippen LogP contribution in [-0.4, -0.2) is 60.4 Å². The minimum absolute atomic E-state index is 0.163. The van der Waals surface area contributed by atoms with Gasteiger partial charge in [0.05, 0.1) is 10.0 Å². The molecule has 0 amide bonds. The normalized spacial score (nSPS) is 17.0. The van der Waals surface area contributed by atoms with E-state index in [2.05, 4.69) is 14.8 Å². The Morgan fingerprint density at radius 1 is 1.21 bits per heavy atom. The van der Waals surface area contributed by atoms with Crippen molar-refractivity contribution in [2.45, 2.75) is 6.10 Å². The summed E-state index contributed by atoms with van der Waals surface area (Å²) in [5.41, 5.74) is 0. The molecule has 1 aromatic heterocycles. The molecule has 0 aliphatic carbocycles. The van der Waals surface area contributed by atoms with Crippen molar-refractivity contribution in [2.24, 2.45) is 0 Å². The number of halogens is 2. The second-order valence-electron chi connectivity index (χ2n) is 5.62. The number of nitrogens with zero attached hydrogens (tertiary/aromatic N) is 3. The first-order valence-corrected chi connectivity index (χ1v) is 9.38. The van der Waals surface area contributed by atoms with Gasteiger partial charge in [-0.3, -0.25) is 4.90 Å². The Balaban J connectivity index is 1.44. The van der Waals surface area contributed by atoms with Gasteiger partial charge in [0.25, 0.3) is 0 Å². The Morgan fingerprint density at radius 2 is 1.92 bits per heavy atom. The van der Waals surface area contributed by atoms with E-state index in [1.54, 1.807) is 29.5 Å². The first-order chi connectivity index (χ1) is 11.6. The van der Waals surface area contributed by atoms with E-state index in [9.17, 15) is 5.11 Å². The average molecular weight is 388 g/mol. The summed E-state index contributed by atoms with van der Waals surface area (Å²) in [6.45, 7) is 4.34. The van der Waals surface area contributed by atoms with E-state index in [1.165, 1.54) is 0 Å². The summed E-state index contributed by atoms with van der Waals surface area (Å²) in [6.07, 6.45) is 1.23. The number of benzene rings is 1. The molecule has 1 saturated heterocycles. The van der Waals surface area contributed by atoms with Gasteiger partial charge in [0.2, 0.25) is 0 Å². The molecule has 130 valence electrons. The quantitative estimate of drug-likeness (QED) is 0.825. The van der Waals surface area contributed by atoms with Crippen LogP contribution in [0.5, 0.6) is 5.75 Å². The fraction of sp³-hybridized carbons (Fsp3) is 0.438. The van der Waals surface area contributed by atoms with E-state index < -0.39 is 6.10 Å². The van der Waals surface area contributed by atoms with Gasteiger partial charge in [-0.05, 0) is 12.1 Å². The number of para-hydroxylation sites is 1. The van der Waals surface area contributed by atoms with E-state index in [0.717, 1.165) is 31.3 Å². The topological polar surface area (TPSA) is 48.8 Å². The molecule has 5 nitrogen and oxygen atoms in total. The van der Waals surface area contributed by atoms with Gasteiger partial charge < -0.3 is 14.7 Å². The van der Waals surface area contributed by atoms with E-state index in [0.29, 0.717) is 22.3 Å². The van der Waals surface area contributed by atoms with Gasteiger partial charge in [0.1, 0.15) is 12.7 Å². The first-order valence-electron chi connectivity index (χ1n) is 7.75. The van der Waals surface area contributed by atoms with Gasteiger partial charge in [-0.1, -0.05) is 29.3 Å². The predicted octanol–water partition coefficient (Wildman–Crippen LogP) is 3.01. The van der Waals surface area contributed by atoms with Crippen molar-refractivity contribution in [1.82, 2.24) is 9.88 Å². The van der Waals surface area contributed by atoms with Crippen molar-refractivity contribution in [1.29, 1.82) is 0 Å². The Hall–Kier alpha value is -1.05. The standard InChI is InChI=1S/C16H19Cl2N3O2S/c17-13-2-1-3-14(18)15(13)23-11-12(22)10-20-5-7-21(8-6-20)16-19-4-9-24-16/h1-4,9,12,22H,5-8,10-11H2. The summed E-state index contributed by atoms with van der Waals surface area (Å²) >= 11 is 13.8. The molecule has 1 unspecified atom stereocenters. The summed E-state index contributed by atoms with van der Waals surface area (Å²) in [4.78, 5) is 8.84. The summed E-state index contributed by atoms with van der Waals surface area (Å²) in [5.74, 6) is 0.425. The van der Waals surface area contributed by atoms with E-state index in [4.69, 9.17) is 27.9 Å². The first kappa shape index (κ1) is 17.8. The molecule has 0 saturated carbocycles. The average Bonchev–Trinajstić information content (AvgIpc) is 3.09. The molecule has 8 heteroatoms. The molecular weight excluding hydrogens is 369 g/mol. The molecule has 1 aromatic carbocycles. The van der Waals surface area contributed by atoms with Crippen molar-refractivity contribution in [2.75, 3.05) is 44.2 Å². The molecule has 24 heavy (non-hydrogen) atoms. The zero-order valence-corrected chi connectivity index (χ0v) is 15.4. The van der Waals surface area contributed by atoms with Crippen LogP contribution in [-0.2, 0) is 0 Å². The van der Waals surface area contributed by atoms with Gasteiger partial charge in [-0.25, -0.2) is 4.98 Å². The number of hydrogen-bond acceptors (Lipinski definition) is 6. The maximum Gasteiger partial charge on any atom is 0.185 e. The van der Waals surface area contributed by atoms with E-state index >= 15 is 0 Å². The third-order valence-electron chi connectivity index (χ3n) is 3.87. The maximum atomic E-state index is 10.2. The van der Waals surface area contributed by atoms with Gasteiger partial charge in [-0.2, -0.15) is 0 Å². The van der Waals surface area contributed by atoms with Crippen LogP contribution < -0.4 is 9.64 Å². The fourth-order valence-corrected chi connectivity index (χ4v) is 3.85. The van der Waals surface area contributed by atoms with Crippen LogP contribution in [0.1, 0.15) is 0 Å².